The largest absolute Gasteiger partial charge is 0.491 e. The van der Waals surface area contributed by atoms with E-state index in [1.807, 2.05) is 6.92 Å². The smallest absolute Gasteiger partial charge is 0.407 e. The third kappa shape index (κ3) is 13.9. The van der Waals surface area contributed by atoms with Crippen LogP contribution in [0.25, 0.3) is 0 Å². The van der Waals surface area contributed by atoms with E-state index >= 15 is 0 Å². The second-order valence-corrected chi connectivity index (χ2v) is 6.99. The molecule has 1 unspecified atom stereocenters. The Balaban J connectivity index is 0.00000784. The summed E-state index contributed by atoms with van der Waals surface area (Å²) in [5, 5.41) is 18.7. The van der Waals surface area contributed by atoms with Gasteiger partial charge in [0.2, 0.25) is 0 Å². The van der Waals surface area contributed by atoms with Gasteiger partial charge in [-0.15, -0.1) is 24.0 Å². The lowest BCUT2D eigenvalue weighted by atomic mass is 10.2. The Morgan fingerprint density at radius 2 is 1.79 bits per heavy atom. The molecule has 29 heavy (non-hydrogen) atoms. The van der Waals surface area contributed by atoms with Gasteiger partial charge in [0.25, 0.3) is 0 Å². The molecule has 0 aromatic heterocycles. The highest BCUT2D eigenvalue weighted by Crippen LogP contribution is 2.11. The van der Waals surface area contributed by atoms with Crippen molar-refractivity contribution in [3.05, 3.63) is 30.1 Å². The van der Waals surface area contributed by atoms with Crippen molar-refractivity contribution in [1.82, 2.24) is 16.0 Å². The number of benzene rings is 1. The minimum atomic E-state index is -0.819. The molecule has 0 aliphatic carbocycles. The summed E-state index contributed by atoms with van der Waals surface area (Å²) >= 11 is 0. The number of carbonyl (C=O) groups excluding carboxylic acids is 1. The van der Waals surface area contributed by atoms with Crippen molar-refractivity contribution in [2.75, 3.05) is 32.8 Å². The number of aliphatic hydroxyl groups is 1. The zero-order valence-corrected chi connectivity index (χ0v) is 19.7. The highest BCUT2D eigenvalue weighted by Gasteiger charge is 2.15. The quantitative estimate of drug-likeness (QED) is 0.170. The summed E-state index contributed by atoms with van der Waals surface area (Å²) in [5.41, 5.74) is -0.542. The van der Waals surface area contributed by atoms with Crippen LogP contribution in [0.1, 0.15) is 27.7 Å². The third-order valence-electron chi connectivity index (χ3n) is 3.15. The molecular formula is C19H32FIN4O4. The maximum absolute atomic E-state index is 12.8. The first-order chi connectivity index (χ1) is 13.2. The Labute approximate surface area is 188 Å². The minimum Gasteiger partial charge on any atom is -0.491 e. The number of hydrogen-bond donors (Lipinski definition) is 4. The number of nitrogens with zero attached hydrogens (tertiary/aromatic N) is 1. The Morgan fingerprint density at radius 1 is 1.17 bits per heavy atom. The molecule has 0 fully saturated rings. The first-order valence-corrected chi connectivity index (χ1v) is 9.25. The SMILES string of the molecule is CCNC(=NCC(O)COc1ccc(F)cc1)NCCNC(=O)OC(C)(C)C.I. The molecule has 0 radical (unpaired) electrons. The standard InChI is InChI=1S/C19H31FN4O4.HI/c1-5-21-17(22-10-11-23-18(26)28-19(2,3)4)24-12-15(25)13-27-16-8-6-14(20)7-9-16;/h6-9,15,25H,5,10-13H2,1-4H3,(H,23,26)(H2,21,22,24);1H. The van der Waals surface area contributed by atoms with Crippen LogP contribution < -0.4 is 20.7 Å². The van der Waals surface area contributed by atoms with Crippen molar-refractivity contribution in [2.45, 2.75) is 39.4 Å². The predicted octanol–water partition coefficient (Wildman–Crippen LogP) is 2.26. The molecule has 8 nitrogen and oxygen atoms in total. The summed E-state index contributed by atoms with van der Waals surface area (Å²) in [7, 11) is 0. The van der Waals surface area contributed by atoms with Crippen LogP contribution in [0, 0.1) is 5.82 Å². The van der Waals surface area contributed by atoms with Gasteiger partial charge in [-0.3, -0.25) is 4.99 Å². The van der Waals surface area contributed by atoms with Crippen molar-refractivity contribution in [3.63, 3.8) is 0 Å². The van der Waals surface area contributed by atoms with Crippen molar-refractivity contribution >= 4 is 36.0 Å². The average molecular weight is 526 g/mol. The van der Waals surface area contributed by atoms with Crippen LogP contribution in [0.3, 0.4) is 0 Å². The first kappa shape index (κ1) is 27.2. The molecule has 0 aliphatic heterocycles. The fraction of sp³-hybridized carbons (Fsp3) is 0.579. The maximum atomic E-state index is 12.8. The molecule has 166 valence electrons. The number of hydrogen-bond acceptors (Lipinski definition) is 5. The monoisotopic (exact) mass is 526 g/mol. The fourth-order valence-electron chi connectivity index (χ4n) is 1.97. The van der Waals surface area contributed by atoms with Gasteiger partial charge in [-0.05, 0) is 52.0 Å². The molecule has 1 amide bonds. The summed E-state index contributed by atoms with van der Waals surface area (Å²) in [5.74, 6) is 0.636. The van der Waals surface area contributed by atoms with Crippen LogP contribution in [-0.4, -0.2) is 61.7 Å². The highest BCUT2D eigenvalue weighted by atomic mass is 127. The Kier molecular flexibility index (Phi) is 13.3. The Morgan fingerprint density at radius 3 is 2.38 bits per heavy atom. The van der Waals surface area contributed by atoms with E-state index in [9.17, 15) is 14.3 Å². The summed E-state index contributed by atoms with van der Waals surface area (Å²) in [6.07, 6.45) is -1.30. The first-order valence-electron chi connectivity index (χ1n) is 9.25. The number of carbonyl (C=O) groups is 1. The molecule has 1 rings (SSSR count). The third-order valence-corrected chi connectivity index (χ3v) is 3.15. The molecule has 0 aliphatic rings. The number of aliphatic hydroxyl groups excluding tert-OH is 1. The number of halogens is 2. The summed E-state index contributed by atoms with van der Waals surface area (Å²) in [6.45, 7) is 8.91. The molecule has 4 N–H and O–H groups in total. The normalized spacial score (nSPS) is 12.4. The number of alkyl carbamates (subject to hydrolysis) is 1. The Bertz CT molecular complexity index is 624. The lowest BCUT2D eigenvalue weighted by Crippen LogP contribution is -2.43. The van der Waals surface area contributed by atoms with Gasteiger partial charge in [0.1, 0.15) is 29.9 Å². The number of ether oxygens (including phenoxy) is 2. The van der Waals surface area contributed by atoms with Crippen LogP contribution in [-0.2, 0) is 4.74 Å². The van der Waals surface area contributed by atoms with E-state index in [0.29, 0.717) is 31.3 Å². The second kappa shape index (κ2) is 14.2. The molecule has 0 saturated carbocycles. The summed E-state index contributed by atoms with van der Waals surface area (Å²) in [4.78, 5) is 15.9. The molecule has 1 aromatic rings. The van der Waals surface area contributed by atoms with Gasteiger partial charge in [-0.25, -0.2) is 9.18 Å². The van der Waals surface area contributed by atoms with Gasteiger partial charge in [0.15, 0.2) is 5.96 Å². The molecule has 0 saturated heterocycles. The van der Waals surface area contributed by atoms with E-state index in [-0.39, 0.29) is 42.9 Å². The van der Waals surface area contributed by atoms with Gasteiger partial charge >= 0.3 is 6.09 Å². The molecule has 0 bridgehead atoms. The van der Waals surface area contributed by atoms with Gasteiger partial charge in [-0.2, -0.15) is 0 Å². The van der Waals surface area contributed by atoms with Gasteiger partial charge in [0.05, 0.1) is 6.54 Å². The van der Waals surface area contributed by atoms with E-state index in [0.717, 1.165) is 0 Å². The molecule has 10 heteroatoms. The summed E-state index contributed by atoms with van der Waals surface area (Å²) in [6, 6.07) is 5.57. The van der Waals surface area contributed by atoms with E-state index < -0.39 is 17.8 Å². The number of aliphatic imine (C=N–C) groups is 1. The molecule has 1 aromatic carbocycles. The van der Waals surface area contributed by atoms with E-state index in [4.69, 9.17) is 9.47 Å². The lowest BCUT2D eigenvalue weighted by molar-refractivity contribution is 0.0529. The van der Waals surface area contributed by atoms with Crippen LogP contribution in [0.4, 0.5) is 9.18 Å². The van der Waals surface area contributed by atoms with Crippen LogP contribution in [0.2, 0.25) is 0 Å². The molecular weight excluding hydrogens is 494 g/mol. The number of amides is 1. The zero-order chi connectivity index (χ0) is 21.0. The van der Waals surface area contributed by atoms with Crippen LogP contribution in [0.15, 0.2) is 29.3 Å². The van der Waals surface area contributed by atoms with E-state index in [1.165, 1.54) is 24.3 Å². The molecule has 0 spiro atoms. The summed E-state index contributed by atoms with van der Waals surface area (Å²) < 4.78 is 23.4. The van der Waals surface area contributed by atoms with Crippen molar-refractivity contribution < 1.29 is 23.8 Å². The highest BCUT2D eigenvalue weighted by molar-refractivity contribution is 14.0. The van der Waals surface area contributed by atoms with Gasteiger partial charge < -0.3 is 30.5 Å². The average Bonchev–Trinajstić information content (AvgIpc) is 2.61. The topological polar surface area (TPSA) is 104 Å². The number of rotatable bonds is 9. The van der Waals surface area contributed by atoms with Crippen LogP contribution >= 0.6 is 24.0 Å². The number of nitrogens with one attached hydrogen (secondary N) is 3. The van der Waals surface area contributed by atoms with E-state index in [1.54, 1.807) is 20.8 Å². The van der Waals surface area contributed by atoms with Crippen molar-refractivity contribution in [3.8, 4) is 5.75 Å². The fourth-order valence-corrected chi connectivity index (χ4v) is 1.97. The zero-order valence-electron chi connectivity index (χ0n) is 17.3. The van der Waals surface area contributed by atoms with Gasteiger partial charge in [-0.1, -0.05) is 0 Å². The predicted molar refractivity (Wildman–Crippen MR) is 122 cm³/mol. The van der Waals surface area contributed by atoms with Crippen molar-refractivity contribution in [2.24, 2.45) is 4.99 Å². The number of guanidine groups is 1. The van der Waals surface area contributed by atoms with Gasteiger partial charge in [0, 0.05) is 19.6 Å². The molecule has 1 atom stereocenters. The lowest BCUT2D eigenvalue weighted by Gasteiger charge is -2.20. The maximum Gasteiger partial charge on any atom is 0.407 e. The van der Waals surface area contributed by atoms with Crippen LogP contribution in [0.5, 0.6) is 5.75 Å². The minimum absolute atomic E-state index is 0. The Hall–Kier alpha value is -1.82. The second-order valence-electron chi connectivity index (χ2n) is 6.99. The van der Waals surface area contributed by atoms with E-state index in [2.05, 4.69) is 20.9 Å². The van der Waals surface area contributed by atoms with Crippen molar-refractivity contribution in [1.29, 1.82) is 0 Å². The molecule has 0 heterocycles.